The summed E-state index contributed by atoms with van der Waals surface area (Å²) in [6, 6.07) is 3.71. The molecule has 2 heterocycles. The Morgan fingerprint density at radius 3 is 2.83 bits per heavy atom. The van der Waals surface area contributed by atoms with Crippen LogP contribution in [0.5, 0.6) is 0 Å². The van der Waals surface area contributed by atoms with Gasteiger partial charge in [0, 0.05) is 0 Å². The molecule has 0 saturated heterocycles. The fourth-order valence-corrected chi connectivity index (χ4v) is 1.19. The van der Waals surface area contributed by atoms with E-state index in [0.717, 1.165) is 22.9 Å². The van der Waals surface area contributed by atoms with Crippen LogP contribution >= 0.6 is 0 Å². The average molecular weight is 162 g/mol. The van der Waals surface area contributed by atoms with Crippen LogP contribution < -0.4 is 5.73 Å². The summed E-state index contributed by atoms with van der Waals surface area (Å²) in [5, 5.41) is 4.20. The monoisotopic (exact) mass is 162 g/mol. The molecule has 0 fully saturated rings. The van der Waals surface area contributed by atoms with Gasteiger partial charge in [-0.2, -0.15) is 5.10 Å². The van der Waals surface area contributed by atoms with Gasteiger partial charge in [-0.15, -0.1) is 0 Å². The minimum atomic E-state index is 0.743. The minimum absolute atomic E-state index is 0.743. The van der Waals surface area contributed by atoms with E-state index in [2.05, 4.69) is 10.1 Å². The maximum absolute atomic E-state index is 5.71. The number of rotatable bonds is 0. The molecule has 0 atom stereocenters. The van der Waals surface area contributed by atoms with Gasteiger partial charge < -0.3 is 5.73 Å². The Hall–Kier alpha value is -1.58. The van der Waals surface area contributed by atoms with Crippen LogP contribution in [0.2, 0.25) is 0 Å². The number of pyridine rings is 1. The lowest BCUT2D eigenvalue weighted by molar-refractivity contribution is 0.895. The number of nitrogens with two attached hydrogens (primary N) is 1. The van der Waals surface area contributed by atoms with E-state index in [9.17, 15) is 0 Å². The van der Waals surface area contributed by atoms with Gasteiger partial charge in [0.1, 0.15) is 5.82 Å². The molecule has 0 bridgehead atoms. The van der Waals surface area contributed by atoms with Gasteiger partial charge >= 0.3 is 0 Å². The zero-order chi connectivity index (χ0) is 8.72. The summed E-state index contributed by atoms with van der Waals surface area (Å²) < 4.78 is 1.75. The van der Waals surface area contributed by atoms with Gasteiger partial charge in [-0.1, -0.05) is 0 Å². The van der Waals surface area contributed by atoms with E-state index in [1.807, 2.05) is 26.0 Å². The molecule has 0 aliphatic carbocycles. The van der Waals surface area contributed by atoms with Gasteiger partial charge in [0.15, 0.2) is 5.65 Å². The van der Waals surface area contributed by atoms with Gasteiger partial charge in [-0.3, -0.25) is 0 Å². The Morgan fingerprint density at radius 1 is 1.33 bits per heavy atom. The fourth-order valence-electron chi connectivity index (χ4n) is 1.19. The minimum Gasteiger partial charge on any atom is -0.397 e. The molecule has 0 aromatic carbocycles. The lowest BCUT2D eigenvalue weighted by Gasteiger charge is -2.00. The SMILES string of the molecule is Cc1nc2ccc(N)c(C)n2n1. The molecule has 2 rings (SSSR count). The summed E-state index contributed by atoms with van der Waals surface area (Å²) in [6.45, 7) is 3.79. The molecule has 0 saturated carbocycles. The zero-order valence-corrected chi connectivity index (χ0v) is 7.07. The van der Waals surface area contributed by atoms with Crippen LogP contribution in [0.1, 0.15) is 11.5 Å². The lowest BCUT2D eigenvalue weighted by atomic mass is 10.3. The zero-order valence-electron chi connectivity index (χ0n) is 7.07. The Kier molecular flexibility index (Phi) is 1.30. The van der Waals surface area contributed by atoms with Crippen molar-refractivity contribution in [2.75, 3.05) is 5.73 Å². The first-order valence-corrected chi connectivity index (χ1v) is 3.77. The summed E-state index contributed by atoms with van der Waals surface area (Å²) in [5.41, 5.74) is 8.23. The predicted octanol–water partition coefficient (Wildman–Crippen LogP) is 0.928. The van der Waals surface area contributed by atoms with E-state index in [1.165, 1.54) is 0 Å². The molecule has 0 amide bonds. The number of anilines is 1. The molecule has 4 heteroatoms. The first kappa shape index (κ1) is 7.09. The van der Waals surface area contributed by atoms with Crippen molar-refractivity contribution in [1.29, 1.82) is 0 Å². The van der Waals surface area contributed by atoms with Crippen molar-refractivity contribution in [2.45, 2.75) is 13.8 Å². The third kappa shape index (κ3) is 0.845. The van der Waals surface area contributed by atoms with Crippen molar-refractivity contribution in [1.82, 2.24) is 14.6 Å². The molecule has 12 heavy (non-hydrogen) atoms. The van der Waals surface area contributed by atoms with Gasteiger partial charge in [-0.25, -0.2) is 9.50 Å². The molecule has 4 nitrogen and oxygen atoms in total. The van der Waals surface area contributed by atoms with E-state index in [-0.39, 0.29) is 0 Å². The van der Waals surface area contributed by atoms with Crippen LogP contribution in [0, 0.1) is 13.8 Å². The molecule has 0 aliphatic rings. The van der Waals surface area contributed by atoms with Crippen LogP contribution in [0.3, 0.4) is 0 Å². The third-order valence-corrected chi connectivity index (χ3v) is 1.89. The van der Waals surface area contributed by atoms with Crippen molar-refractivity contribution in [3.05, 3.63) is 23.7 Å². The molecule has 0 spiro atoms. The number of nitrogen functional groups attached to an aromatic ring is 1. The summed E-state index contributed by atoms with van der Waals surface area (Å²) in [6.07, 6.45) is 0. The number of nitrogens with zero attached hydrogens (tertiary/aromatic N) is 3. The molecule has 0 aliphatic heterocycles. The second-order valence-corrected chi connectivity index (χ2v) is 2.80. The van der Waals surface area contributed by atoms with Crippen LogP contribution in [0.4, 0.5) is 5.69 Å². The van der Waals surface area contributed by atoms with Crippen molar-refractivity contribution in [3.8, 4) is 0 Å². The highest BCUT2D eigenvalue weighted by Crippen LogP contribution is 2.11. The summed E-state index contributed by atoms with van der Waals surface area (Å²) >= 11 is 0. The van der Waals surface area contributed by atoms with E-state index in [1.54, 1.807) is 4.52 Å². The molecule has 0 radical (unpaired) electrons. The number of fused-ring (bicyclic) bond motifs is 1. The molecule has 2 aromatic rings. The van der Waals surface area contributed by atoms with Crippen LogP contribution in [-0.2, 0) is 0 Å². The topological polar surface area (TPSA) is 56.2 Å². The van der Waals surface area contributed by atoms with Crippen molar-refractivity contribution in [2.24, 2.45) is 0 Å². The number of hydrogen-bond acceptors (Lipinski definition) is 3. The summed E-state index contributed by atoms with van der Waals surface area (Å²) in [5.74, 6) is 0.767. The smallest absolute Gasteiger partial charge is 0.156 e. The molecule has 62 valence electrons. The Morgan fingerprint density at radius 2 is 2.08 bits per heavy atom. The summed E-state index contributed by atoms with van der Waals surface area (Å²) in [7, 11) is 0. The predicted molar refractivity (Wildman–Crippen MR) is 46.9 cm³/mol. The van der Waals surface area contributed by atoms with Gasteiger partial charge in [0.05, 0.1) is 11.4 Å². The van der Waals surface area contributed by atoms with Crippen molar-refractivity contribution in [3.63, 3.8) is 0 Å². The highest BCUT2D eigenvalue weighted by Gasteiger charge is 2.02. The van der Waals surface area contributed by atoms with Gasteiger partial charge in [0.25, 0.3) is 0 Å². The average Bonchev–Trinajstić information content (AvgIpc) is 2.39. The van der Waals surface area contributed by atoms with E-state index >= 15 is 0 Å². The normalized spacial score (nSPS) is 10.8. The Bertz CT molecular complexity index is 430. The Balaban J connectivity index is 2.89. The first-order chi connectivity index (χ1) is 5.68. The molecule has 2 aromatic heterocycles. The van der Waals surface area contributed by atoms with Crippen LogP contribution in [-0.4, -0.2) is 14.6 Å². The fraction of sp³-hybridized carbons (Fsp3) is 0.250. The lowest BCUT2D eigenvalue weighted by Crippen LogP contribution is -1.98. The standard InChI is InChI=1S/C8H10N4/c1-5-7(9)3-4-8-10-6(2)11-12(5)8/h3-4H,9H2,1-2H3. The molecular formula is C8H10N4. The maximum Gasteiger partial charge on any atom is 0.156 e. The Labute approximate surface area is 70.0 Å². The van der Waals surface area contributed by atoms with E-state index < -0.39 is 0 Å². The molecule has 0 unspecified atom stereocenters. The summed E-state index contributed by atoms with van der Waals surface area (Å²) in [4.78, 5) is 4.21. The van der Waals surface area contributed by atoms with Gasteiger partial charge in [-0.05, 0) is 26.0 Å². The van der Waals surface area contributed by atoms with E-state index in [0.29, 0.717) is 0 Å². The van der Waals surface area contributed by atoms with Crippen molar-refractivity contribution >= 4 is 11.3 Å². The van der Waals surface area contributed by atoms with Crippen molar-refractivity contribution < 1.29 is 0 Å². The highest BCUT2D eigenvalue weighted by molar-refractivity contribution is 5.51. The quantitative estimate of drug-likeness (QED) is 0.627. The van der Waals surface area contributed by atoms with Gasteiger partial charge in [0.2, 0.25) is 0 Å². The number of aromatic nitrogens is 3. The second-order valence-electron chi connectivity index (χ2n) is 2.80. The first-order valence-electron chi connectivity index (χ1n) is 3.77. The number of aryl methyl sites for hydroxylation is 2. The number of hydrogen-bond donors (Lipinski definition) is 1. The highest BCUT2D eigenvalue weighted by atomic mass is 15.3. The maximum atomic E-state index is 5.71. The largest absolute Gasteiger partial charge is 0.397 e. The van der Waals surface area contributed by atoms with Crippen LogP contribution in [0.25, 0.3) is 5.65 Å². The molecule has 2 N–H and O–H groups in total. The van der Waals surface area contributed by atoms with E-state index in [4.69, 9.17) is 5.73 Å². The third-order valence-electron chi connectivity index (χ3n) is 1.89. The molecular weight excluding hydrogens is 152 g/mol. The second kappa shape index (κ2) is 2.20. The van der Waals surface area contributed by atoms with Crippen LogP contribution in [0.15, 0.2) is 12.1 Å².